The van der Waals surface area contributed by atoms with E-state index >= 15 is 0 Å². The summed E-state index contributed by atoms with van der Waals surface area (Å²) in [5.41, 5.74) is 12.8. The van der Waals surface area contributed by atoms with Crippen molar-refractivity contribution in [3.63, 3.8) is 0 Å². The van der Waals surface area contributed by atoms with Crippen molar-refractivity contribution in [2.24, 2.45) is 7.05 Å². The molecule has 0 unspecified atom stereocenters. The Morgan fingerprint density at radius 2 is 0.924 bits per heavy atom. The summed E-state index contributed by atoms with van der Waals surface area (Å²) in [5, 5.41) is 7.65. The summed E-state index contributed by atoms with van der Waals surface area (Å²) >= 11 is 0. The minimum Gasteiger partial charge on any atom is -0.294 e. The monoisotopic (exact) mass is 861 g/mol. The Bertz CT molecular complexity index is 3610. The highest BCUT2D eigenvalue weighted by molar-refractivity contribution is 7.20. The van der Waals surface area contributed by atoms with Crippen molar-refractivity contribution in [1.29, 1.82) is 0 Å². The van der Waals surface area contributed by atoms with Gasteiger partial charge in [-0.3, -0.25) is 4.57 Å². The lowest BCUT2D eigenvalue weighted by atomic mass is 9.88. The van der Waals surface area contributed by atoms with E-state index in [0.29, 0.717) is 0 Å². The van der Waals surface area contributed by atoms with Gasteiger partial charge in [0.2, 0.25) is 0 Å². The first kappa shape index (κ1) is 39.2. The van der Waals surface area contributed by atoms with E-state index in [9.17, 15) is 0 Å². The number of aromatic nitrogens is 4. The first-order valence-corrected chi connectivity index (χ1v) is 24.6. The van der Waals surface area contributed by atoms with Gasteiger partial charge in [0, 0.05) is 48.3 Å². The van der Waals surface area contributed by atoms with Crippen molar-refractivity contribution >= 4 is 61.7 Å². The highest BCUT2D eigenvalue weighted by Crippen LogP contribution is 2.41. The number of nitrogens with zero attached hydrogens (tertiary/aromatic N) is 4. The number of hydrogen-bond acceptors (Lipinski definition) is 1. The van der Waals surface area contributed by atoms with Crippen LogP contribution < -0.4 is 20.7 Å². The lowest BCUT2D eigenvalue weighted by Gasteiger charge is -2.34. The van der Waals surface area contributed by atoms with Crippen LogP contribution in [0, 0.1) is 0 Å². The number of hydrogen-bond donors (Lipinski definition) is 0. The summed E-state index contributed by atoms with van der Waals surface area (Å²) in [5.74, 6) is 0.874. The molecular weight excluding hydrogens is 817 g/mol. The third-order valence-corrected chi connectivity index (χ3v) is 18.1. The minimum atomic E-state index is -3.02. The zero-order valence-electron chi connectivity index (χ0n) is 36.5. The van der Waals surface area contributed by atoms with Crippen LogP contribution in [0.1, 0.15) is 0 Å². The Labute approximate surface area is 385 Å². The number of benzene rings is 9. The molecule has 0 aliphatic rings. The van der Waals surface area contributed by atoms with Crippen LogP contribution in [0.25, 0.3) is 77.7 Å². The molecule has 0 atom stereocenters. The smallest absolute Gasteiger partial charge is 0.191 e. The van der Waals surface area contributed by atoms with Crippen LogP contribution in [0.2, 0.25) is 0 Å². The fourth-order valence-electron chi connectivity index (χ4n) is 10.5. The molecule has 0 aliphatic carbocycles. The molecule has 0 amide bonds. The van der Waals surface area contributed by atoms with Gasteiger partial charge in [-0.25, -0.2) is 9.55 Å². The van der Waals surface area contributed by atoms with Gasteiger partial charge in [0.05, 0.1) is 11.0 Å². The molecule has 0 fully saturated rings. The molecule has 66 heavy (non-hydrogen) atoms. The van der Waals surface area contributed by atoms with Gasteiger partial charge in [-0.05, 0) is 90.5 Å². The maximum Gasteiger partial charge on any atom is 0.191 e. The molecule has 0 saturated carbocycles. The van der Waals surface area contributed by atoms with E-state index in [1.54, 1.807) is 0 Å². The van der Waals surface area contributed by atoms with E-state index in [4.69, 9.17) is 4.98 Å². The first-order chi connectivity index (χ1) is 32.7. The lowest BCUT2D eigenvalue weighted by molar-refractivity contribution is 0.911. The number of rotatable bonds is 9. The van der Waals surface area contributed by atoms with Crippen LogP contribution in [-0.2, 0) is 7.05 Å². The minimum absolute atomic E-state index is 0.874. The molecule has 312 valence electrons. The van der Waals surface area contributed by atoms with Crippen LogP contribution in [0.3, 0.4) is 0 Å². The molecule has 0 radical (unpaired) electrons. The van der Waals surface area contributed by atoms with Crippen LogP contribution in [0.4, 0.5) is 0 Å². The van der Waals surface area contributed by atoms with Gasteiger partial charge >= 0.3 is 0 Å². The molecule has 4 nitrogen and oxygen atoms in total. The number of fused-ring (bicyclic) bond motifs is 4. The van der Waals surface area contributed by atoms with Gasteiger partial charge in [0.15, 0.2) is 25.4 Å². The van der Waals surface area contributed by atoms with Gasteiger partial charge in [-0.15, -0.1) is 0 Å². The second-order valence-corrected chi connectivity index (χ2v) is 20.9. The van der Waals surface area contributed by atoms with Crippen LogP contribution in [-0.4, -0.2) is 26.8 Å². The lowest BCUT2D eigenvalue weighted by Crippen LogP contribution is -2.74. The average molecular weight is 862 g/mol. The summed E-state index contributed by atoms with van der Waals surface area (Å²) in [6, 6.07) is 89.0. The number of pyridine rings is 1. The standard InChI is InChI=1S/C61H45N4Si/c1-63-43-64(58-35-17-16-34-57(58)63)47-24-18-29-50(41-47)66(48-25-10-4-11-26-48,49-27-12-5-13-28-49)51-36-37-55-54-30-14-15-33-56(54)65(59(55)42-51)60-40-46(38-39-62-60)61-52(44-20-6-2-7-21-44)31-19-32-53(61)45-22-8-3-9-23-45/h2-43H,1H3/q+1. The van der Waals surface area contributed by atoms with Gasteiger partial charge < -0.3 is 0 Å². The Morgan fingerprint density at radius 3 is 1.59 bits per heavy atom. The molecule has 5 heteroatoms. The molecule has 3 heterocycles. The maximum atomic E-state index is 5.22. The summed E-state index contributed by atoms with van der Waals surface area (Å²) in [6.45, 7) is 0. The molecule has 0 N–H and O–H groups in total. The summed E-state index contributed by atoms with van der Waals surface area (Å²) in [4.78, 5) is 5.22. The van der Waals surface area contributed by atoms with E-state index in [2.05, 4.69) is 270 Å². The molecule has 0 bridgehead atoms. The van der Waals surface area contributed by atoms with Gasteiger partial charge in [0.1, 0.15) is 11.5 Å². The molecule has 12 rings (SSSR count). The van der Waals surface area contributed by atoms with E-state index in [1.807, 2.05) is 6.20 Å². The predicted molar refractivity (Wildman–Crippen MR) is 279 cm³/mol. The van der Waals surface area contributed by atoms with E-state index in [0.717, 1.165) is 28.1 Å². The zero-order valence-corrected chi connectivity index (χ0v) is 37.5. The normalized spacial score (nSPS) is 11.7. The second-order valence-electron chi connectivity index (χ2n) is 17.1. The molecule has 0 spiro atoms. The van der Waals surface area contributed by atoms with Crippen molar-refractivity contribution in [2.75, 3.05) is 0 Å². The maximum absolute atomic E-state index is 5.22. The third kappa shape index (κ3) is 6.43. The van der Waals surface area contributed by atoms with Gasteiger partial charge in [-0.2, -0.15) is 4.57 Å². The van der Waals surface area contributed by atoms with Crippen molar-refractivity contribution in [1.82, 2.24) is 18.7 Å². The number of para-hydroxylation sites is 3. The summed E-state index contributed by atoms with van der Waals surface area (Å²) in [7, 11) is -0.898. The molecular formula is C61H45N4Si+. The van der Waals surface area contributed by atoms with Crippen molar-refractivity contribution < 1.29 is 0 Å². The molecule has 0 aliphatic heterocycles. The van der Waals surface area contributed by atoms with Crippen LogP contribution in [0.15, 0.2) is 255 Å². The third-order valence-electron chi connectivity index (χ3n) is 13.4. The highest BCUT2D eigenvalue weighted by Gasteiger charge is 2.42. The first-order valence-electron chi connectivity index (χ1n) is 22.6. The Balaban J connectivity index is 1.12. The Kier molecular flexibility index (Phi) is 9.69. The highest BCUT2D eigenvalue weighted by atomic mass is 28.3. The Hall–Kier alpha value is -8.38. The second kappa shape index (κ2) is 16.3. The fourth-order valence-corrected chi connectivity index (χ4v) is 15.2. The number of imidazole rings is 1. The molecule has 9 aromatic carbocycles. The molecule has 0 saturated heterocycles. The van der Waals surface area contributed by atoms with Gasteiger partial charge in [-0.1, -0.05) is 182 Å². The fraction of sp³-hybridized carbons (Fsp3) is 0.0164. The average Bonchev–Trinajstić information content (AvgIpc) is 3.92. The van der Waals surface area contributed by atoms with E-state index in [1.165, 1.54) is 70.4 Å². The van der Waals surface area contributed by atoms with Crippen molar-refractivity contribution in [3.8, 4) is 44.9 Å². The molecule has 12 aromatic rings. The summed E-state index contributed by atoms with van der Waals surface area (Å²) in [6.07, 6.45) is 4.18. The zero-order chi connectivity index (χ0) is 44.0. The van der Waals surface area contributed by atoms with Crippen LogP contribution in [0.5, 0.6) is 0 Å². The van der Waals surface area contributed by atoms with Crippen molar-refractivity contribution in [2.45, 2.75) is 0 Å². The molecule has 3 aromatic heterocycles. The van der Waals surface area contributed by atoms with E-state index in [-0.39, 0.29) is 0 Å². The summed E-state index contributed by atoms with van der Waals surface area (Å²) < 4.78 is 6.93. The number of aryl methyl sites for hydroxylation is 1. The van der Waals surface area contributed by atoms with Crippen molar-refractivity contribution in [3.05, 3.63) is 255 Å². The SMILES string of the molecule is Cn1[cH+]n(-c2cccc([Si](c3ccccc3)(c3ccccc3)c3ccc4c5ccccc5n(-c5cc(-c6c(-c7ccccc7)cccc6-c6ccccc6)ccn5)c4c3)c2)c2ccccc21. The topological polar surface area (TPSA) is 27.7 Å². The quantitative estimate of drug-likeness (QED) is 0.0807. The van der Waals surface area contributed by atoms with E-state index < -0.39 is 8.07 Å². The van der Waals surface area contributed by atoms with Crippen LogP contribution >= 0.6 is 0 Å². The largest absolute Gasteiger partial charge is 0.294 e. The Morgan fingerprint density at radius 1 is 0.394 bits per heavy atom. The van der Waals surface area contributed by atoms with Gasteiger partial charge in [0.25, 0.3) is 0 Å². The predicted octanol–water partition coefficient (Wildman–Crippen LogP) is 12.1.